The monoisotopic (exact) mass is 1770 g/mol. The van der Waals surface area contributed by atoms with Gasteiger partial charge in [-0.05, 0) is 88.0 Å². The van der Waals surface area contributed by atoms with Gasteiger partial charge >= 0.3 is 0 Å². The lowest BCUT2D eigenvalue weighted by Crippen LogP contribution is -2.16. The van der Waals surface area contributed by atoms with Crippen LogP contribution in [-0.2, 0) is 27.1 Å². The number of fused-ring (bicyclic) bond motifs is 15. The number of benzene rings is 13. The summed E-state index contributed by atoms with van der Waals surface area (Å²) < 4.78 is 22.2. The molecule has 23 rings (SSSR count). The molecule has 0 saturated heterocycles. The molecule has 0 bridgehead atoms. The van der Waals surface area contributed by atoms with E-state index in [9.17, 15) is 0 Å². The minimum Gasteiger partial charge on any atom is -0.452 e. The van der Waals surface area contributed by atoms with Crippen LogP contribution in [0.4, 0.5) is 0 Å². The minimum atomic E-state index is -0.168. The zero-order chi connectivity index (χ0) is 92.1. The first kappa shape index (κ1) is 87.4. The second kappa shape index (κ2) is 35.8. The van der Waals surface area contributed by atoms with E-state index in [-0.39, 0.29) is 27.1 Å². The molecule has 654 valence electrons. The van der Waals surface area contributed by atoms with Crippen LogP contribution in [0.25, 0.3) is 196 Å². The predicted octanol–water partition coefficient (Wildman–Crippen LogP) is 32.6. The molecule has 0 aliphatic carbocycles. The fraction of sp³-hybridized carbons (Fsp3) is 0.169. The maximum Gasteiger partial charge on any atom is 0.180 e. The van der Waals surface area contributed by atoms with E-state index >= 15 is 0 Å². The summed E-state index contributed by atoms with van der Waals surface area (Å²) in [6.07, 6.45) is 0. The van der Waals surface area contributed by atoms with Crippen molar-refractivity contribution in [1.29, 1.82) is 0 Å². The molecule has 0 radical (unpaired) electrons. The normalized spacial score (nSPS) is 12.0. The van der Waals surface area contributed by atoms with Gasteiger partial charge in [0.25, 0.3) is 0 Å². The van der Waals surface area contributed by atoms with Crippen LogP contribution < -0.4 is 0 Å². The summed E-state index contributed by atoms with van der Waals surface area (Å²) >= 11 is 3.53. The molecule has 13 nitrogen and oxygen atoms in total. The van der Waals surface area contributed by atoms with Gasteiger partial charge in [-0.15, -0.1) is 22.7 Å². The average Bonchev–Trinajstić information content (AvgIpc) is 1.63. The molecule has 0 aliphatic rings. The molecule has 0 amide bonds. The molecule has 0 aliphatic heterocycles. The Morgan fingerprint density at radius 3 is 0.865 bits per heavy atom. The zero-order valence-corrected chi connectivity index (χ0v) is 79.1. The third kappa shape index (κ3) is 18.2. The van der Waals surface area contributed by atoms with Crippen LogP contribution in [0.1, 0.15) is 133 Å². The van der Waals surface area contributed by atoms with Gasteiger partial charge < -0.3 is 13.3 Å². The van der Waals surface area contributed by atoms with E-state index < -0.39 is 0 Å². The molecule has 13 aromatic carbocycles. The topological polar surface area (TPSA) is 168 Å². The van der Waals surface area contributed by atoms with Crippen molar-refractivity contribution >= 4 is 129 Å². The number of para-hydroxylation sites is 3. The van der Waals surface area contributed by atoms with Crippen LogP contribution >= 0.6 is 22.7 Å². The van der Waals surface area contributed by atoms with Crippen molar-refractivity contribution in [2.24, 2.45) is 0 Å². The number of furan rings is 3. The van der Waals surface area contributed by atoms with Crippen molar-refractivity contribution in [3.63, 3.8) is 0 Å². The highest BCUT2D eigenvalue weighted by molar-refractivity contribution is 7.26. The Hall–Kier alpha value is -14.9. The van der Waals surface area contributed by atoms with Crippen molar-refractivity contribution in [2.45, 2.75) is 131 Å². The number of nitrogens with zero attached hydrogens (tertiary/aromatic N) is 10. The third-order valence-electron chi connectivity index (χ3n) is 23.3. The van der Waals surface area contributed by atoms with Gasteiger partial charge in [-0.1, -0.05) is 395 Å². The summed E-state index contributed by atoms with van der Waals surface area (Å²) in [5, 5.41) is 6.69. The van der Waals surface area contributed by atoms with Crippen molar-refractivity contribution < 1.29 is 13.3 Å². The Bertz CT molecular complexity index is 8010. The van der Waals surface area contributed by atoms with Gasteiger partial charge in [-0.2, -0.15) is 0 Å². The van der Waals surface area contributed by atoms with Gasteiger partial charge in [0.15, 0.2) is 16.7 Å². The van der Waals surface area contributed by atoms with Gasteiger partial charge in [0.1, 0.15) is 84.3 Å². The molecule has 10 heterocycles. The number of aromatic nitrogens is 10. The summed E-state index contributed by atoms with van der Waals surface area (Å²) in [6.45, 7) is 32.2. The molecule has 0 fully saturated rings. The minimum absolute atomic E-state index is 0.0826. The Balaban J connectivity index is 0.000000108. The Kier molecular flexibility index (Phi) is 23.5. The smallest absolute Gasteiger partial charge is 0.180 e. The van der Waals surface area contributed by atoms with Gasteiger partial charge in [-0.3, -0.25) is 0 Å². The lowest BCUT2D eigenvalue weighted by Gasteiger charge is -2.18. The zero-order valence-electron chi connectivity index (χ0n) is 77.4. The quantitative estimate of drug-likeness (QED) is 0.141. The fourth-order valence-electron chi connectivity index (χ4n) is 16.2. The molecule has 0 spiro atoms. The lowest BCUT2D eigenvalue weighted by molar-refractivity contribution is 0.547. The van der Waals surface area contributed by atoms with E-state index in [2.05, 4.69) is 353 Å². The Morgan fingerprint density at radius 2 is 0.459 bits per heavy atom. The molecule has 133 heavy (non-hydrogen) atoms. The summed E-state index contributed by atoms with van der Waals surface area (Å²) in [6, 6.07) is 119. The SMILES string of the molecule is CC(C)(C)c1nc(-c2ccc(-c3ccccc3)cc2)c2c(n1)sc1ccccc12.CC(C)(C)c1nc(-c2ccc(-c3ccccc3)cc2)c2oc3ccccc3c2n1.CC(C)(C)c1nc(-c2cccc(-c3ccccc3)c2)c2oc3ccccc3c2n1.CC(C)(C)c1nc(-c2ccccc2)c2oc3ccccc3c2n1.CC(C)(C)c1nc(-c2ccccc2)c2sc3ccccc3c2n1. The molecule has 23 aromatic rings. The van der Waals surface area contributed by atoms with Gasteiger partial charge in [0.05, 0.1) is 21.6 Å². The van der Waals surface area contributed by atoms with Gasteiger partial charge in [-0.25, -0.2) is 49.8 Å². The van der Waals surface area contributed by atoms with Crippen LogP contribution in [0, 0.1) is 0 Å². The summed E-state index contributed by atoms with van der Waals surface area (Å²) in [5.74, 6) is 4.25. The molecule has 0 unspecified atom stereocenters. The van der Waals surface area contributed by atoms with Crippen molar-refractivity contribution in [3.8, 4) is 89.7 Å². The van der Waals surface area contributed by atoms with Crippen molar-refractivity contribution in [2.75, 3.05) is 0 Å². The molecule has 0 atom stereocenters. The maximum absolute atomic E-state index is 6.23. The highest BCUT2D eigenvalue weighted by Gasteiger charge is 2.30. The van der Waals surface area contributed by atoms with E-state index in [0.29, 0.717) is 0 Å². The molecule has 0 N–H and O–H groups in total. The van der Waals surface area contributed by atoms with Crippen molar-refractivity contribution in [1.82, 2.24) is 49.8 Å². The maximum atomic E-state index is 6.23. The first-order valence-electron chi connectivity index (χ1n) is 45.2. The summed E-state index contributed by atoms with van der Waals surface area (Å²) in [7, 11) is 0. The average molecular weight is 1770 g/mol. The Morgan fingerprint density at radius 1 is 0.195 bits per heavy atom. The first-order chi connectivity index (χ1) is 64.1. The summed E-state index contributed by atoms with van der Waals surface area (Å²) in [5.41, 5.74) is 25.0. The second-order valence-electron chi connectivity index (χ2n) is 38.7. The fourth-order valence-corrected chi connectivity index (χ4v) is 18.5. The van der Waals surface area contributed by atoms with Crippen LogP contribution in [0.2, 0.25) is 0 Å². The standard InChI is InChI=1S/2C26H22N2O.C26H22N2S.C20H18N2O.C20H18N2S/c1-26(2,3)25-27-22(24-23(28-25)20-14-7-8-15-21(20)29-24)19-13-9-12-18(16-19)17-10-5-4-6-11-17;1-26(2,3)25-27-22(24-23(28-25)20-11-7-8-12-21(20)29-24)19-15-13-18(14-16-19)17-9-5-4-6-10-17;1-26(2,3)25-27-23(22-20-11-7-8-12-21(20)29-24(22)28-25)19-15-13-18(14-16-19)17-9-5-4-6-10-17;2*1-20(2,3)19-21-16(13-9-5-4-6-10-13)18-17(22-19)14-11-7-8-12-15(14)23-18/h3*4-16H,1-3H3;2*4-12H,1-3H3. The molecular weight excluding hydrogens is 1670 g/mol. The van der Waals surface area contributed by atoms with Crippen LogP contribution in [0.5, 0.6) is 0 Å². The largest absolute Gasteiger partial charge is 0.452 e. The highest BCUT2D eigenvalue weighted by atomic mass is 32.1. The van der Waals surface area contributed by atoms with Crippen LogP contribution in [0.15, 0.2) is 359 Å². The van der Waals surface area contributed by atoms with Crippen LogP contribution in [-0.4, -0.2) is 49.8 Å². The second-order valence-corrected chi connectivity index (χ2v) is 40.8. The predicted molar refractivity (Wildman–Crippen MR) is 555 cm³/mol. The van der Waals surface area contributed by atoms with E-state index in [0.717, 1.165) is 173 Å². The highest BCUT2D eigenvalue weighted by Crippen LogP contribution is 2.45. The Labute approximate surface area is 782 Å². The number of rotatable bonds is 8. The molecule has 15 heteroatoms. The summed E-state index contributed by atoms with van der Waals surface area (Å²) in [4.78, 5) is 50.3. The van der Waals surface area contributed by atoms with E-state index in [4.69, 9.17) is 63.1 Å². The van der Waals surface area contributed by atoms with E-state index in [1.807, 2.05) is 97.1 Å². The van der Waals surface area contributed by atoms with E-state index in [1.165, 1.54) is 52.7 Å². The van der Waals surface area contributed by atoms with Crippen LogP contribution in [0.3, 0.4) is 0 Å². The van der Waals surface area contributed by atoms with Gasteiger partial charge in [0, 0.05) is 96.6 Å². The molecular formula is C118H102N10O3S2. The third-order valence-corrected chi connectivity index (χ3v) is 25.6. The lowest BCUT2D eigenvalue weighted by atomic mass is 9.94. The number of thiophene rings is 2. The number of hydrogen-bond acceptors (Lipinski definition) is 15. The first-order valence-corrected chi connectivity index (χ1v) is 46.8. The number of hydrogen-bond donors (Lipinski definition) is 0. The molecule has 0 saturated carbocycles. The van der Waals surface area contributed by atoms with E-state index in [1.54, 1.807) is 22.7 Å². The van der Waals surface area contributed by atoms with Gasteiger partial charge in [0.2, 0.25) is 0 Å². The van der Waals surface area contributed by atoms with Crippen molar-refractivity contribution in [3.05, 3.63) is 375 Å². The molecule has 10 aromatic heterocycles.